The molecule has 1 aliphatic heterocycles. The largest absolute Gasteiger partial charge is 0.369 e. The Hall–Kier alpha value is -1.91. The molecule has 0 saturated heterocycles. The Kier molecular flexibility index (Phi) is 5.97. The first-order valence-electron chi connectivity index (χ1n) is 7.21. The number of nitrogens with zero attached hydrogens (tertiary/aromatic N) is 2. The Bertz CT molecular complexity index is 778. The van der Waals surface area contributed by atoms with Crippen LogP contribution in [-0.2, 0) is 9.59 Å². The molecule has 0 aromatic heterocycles. The number of nitrogens with two attached hydrogens (primary N) is 1. The summed E-state index contributed by atoms with van der Waals surface area (Å²) in [6.07, 6.45) is 0. The lowest BCUT2D eigenvalue weighted by Crippen LogP contribution is -2.31. The van der Waals surface area contributed by atoms with Crippen molar-refractivity contribution >= 4 is 45.1 Å². The molecule has 24 heavy (non-hydrogen) atoms. The molecule has 2 atom stereocenters. The van der Waals surface area contributed by atoms with Gasteiger partial charge in [0.05, 0.1) is 23.3 Å². The molecular weight excluding hydrogens is 390 g/mol. The fraction of sp³-hybridized carbons (Fsp3) is 0.294. The summed E-state index contributed by atoms with van der Waals surface area (Å²) in [5.41, 5.74) is 7.10. The van der Waals surface area contributed by atoms with Gasteiger partial charge in [0.15, 0.2) is 0 Å². The molecule has 0 fully saturated rings. The molecule has 124 valence electrons. The third kappa shape index (κ3) is 3.94. The van der Waals surface area contributed by atoms with Crippen molar-refractivity contribution in [1.82, 2.24) is 0 Å². The van der Waals surface area contributed by atoms with E-state index in [2.05, 4.69) is 27.0 Å². The standard InChI is InChI=1S/C17H16BrN3O2S/c1-9-15(10(2)22)16(11-3-5-12(18)6-4-11)13(7-19)17(21-9)24-8-14(20)23/h3-6,15-16H,8H2,1-2H3,(H2,20,23)/t15?,16-/m1/s1. The van der Waals surface area contributed by atoms with E-state index in [4.69, 9.17) is 5.73 Å². The molecule has 1 aliphatic rings. The highest BCUT2D eigenvalue weighted by atomic mass is 79.9. The molecule has 2 rings (SSSR count). The highest BCUT2D eigenvalue weighted by Gasteiger charge is 2.37. The second-order valence-electron chi connectivity index (χ2n) is 5.46. The number of carbonyl (C=O) groups excluding carboxylic acids is 2. The average Bonchev–Trinajstić information content (AvgIpc) is 2.52. The maximum Gasteiger partial charge on any atom is 0.227 e. The van der Waals surface area contributed by atoms with Crippen molar-refractivity contribution in [2.24, 2.45) is 16.6 Å². The first kappa shape index (κ1) is 18.4. The van der Waals surface area contributed by atoms with E-state index in [0.29, 0.717) is 16.3 Å². The van der Waals surface area contributed by atoms with Crippen molar-refractivity contribution in [3.63, 3.8) is 0 Å². The average molecular weight is 406 g/mol. The topological polar surface area (TPSA) is 96.3 Å². The lowest BCUT2D eigenvalue weighted by molar-refractivity contribution is -0.119. The molecule has 1 amide bonds. The zero-order valence-corrected chi connectivity index (χ0v) is 15.6. The number of hydrogen-bond acceptors (Lipinski definition) is 5. The zero-order valence-electron chi connectivity index (χ0n) is 13.2. The van der Waals surface area contributed by atoms with Crippen LogP contribution in [0.15, 0.2) is 44.3 Å². The smallest absolute Gasteiger partial charge is 0.227 e. The lowest BCUT2D eigenvalue weighted by Gasteiger charge is -2.30. The van der Waals surface area contributed by atoms with Crippen molar-refractivity contribution in [1.29, 1.82) is 5.26 Å². The van der Waals surface area contributed by atoms with Crippen LogP contribution in [0.25, 0.3) is 0 Å². The van der Waals surface area contributed by atoms with Crippen LogP contribution in [0.5, 0.6) is 0 Å². The number of benzene rings is 1. The van der Waals surface area contributed by atoms with Crippen LogP contribution in [0.3, 0.4) is 0 Å². The Morgan fingerprint density at radius 1 is 1.38 bits per heavy atom. The van der Waals surface area contributed by atoms with E-state index in [9.17, 15) is 14.9 Å². The number of amides is 1. The maximum atomic E-state index is 12.2. The van der Waals surface area contributed by atoms with Crippen LogP contribution < -0.4 is 5.73 Å². The van der Waals surface area contributed by atoms with E-state index >= 15 is 0 Å². The van der Waals surface area contributed by atoms with E-state index in [0.717, 1.165) is 21.8 Å². The van der Waals surface area contributed by atoms with Crippen LogP contribution in [0.1, 0.15) is 25.3 Å². The lowest BCUT2D eigenvalue weighted by atomic mass is 9.75. The molecule has 0 spiro atoms. The molecule has 0 saturated carbocycles. The summed E-state index contributed by atoms with van der Waals surface area (Å²) >= 11 is 4.52. The van der Waals surface area contributed by atoms with Crippen molar-refractivity contribution in [3.8, 4) is 6.07 Å². The molecule has 1 heterocycles. The minimum Gasteiger partial charge on any atom is -0.369 e. The minimum atomic E-state index is -0.487. The van der Waals surface area contributed by atoms with E-state index < -0.39 is 17.7 Å². The van der Waals surface area contributed by atoms with Crippen LogP contribution in [0.4, 0.5) is 0 Å². The number of nitriles is 1. The molecule has 5 nitrogen and oxygen atoms in total. The van der Waals surface area contributed by atoms with E-state index in [1.165, 1.54) is 6.92 Å². The Balaban J connectivity index is 2.57. The van der Waals surface area contributed by atoms with Gasteiger partial charge in [-0.1, -0.05) is 39.8 Å². The summed E-state index contributed by atoms with van der Waals surface area (Å²) in [7, 11) is 0. The SMILES string of the molecule is CC(=O)C1C(C)=NC(SCC(N)=O)=C(C#N)[C@H]1c1ccc(Br)cc1. The summed E-state index contributed by atoms with van der Waals surface area (Å²) in [4.78, 5) is 27.7. The first-order valence-corrected chi connectivity index (χ1v) is 8.99. The van der Waals surface area contributed by atoms with Gasteiger partial charge in [-0.05, 0) is 31.5 Å². The minimum absolute atomic E-state index is 0.0368. The Labute approximate surface area is 153 Å². The number of rotatable bonds is 5. The fourth-order valence-corrected chi connectivity index (χ4v) is 3.84. The van der Waals surface area contributed by atoms with Crippen LogP contribution in [0.2, 0.25) is 0 Å². The Morgan fingerprint density at radius 3 is 2.50 bits per heavy atom. The van der Waals surface area contributed by atoms with Gasteiger partial charge in [-0.3, -0.25) is 9.59 Å². The summed E-state index contributed by atoms with van der Waals surface area (Å²) < 4.78 is 0.914. The van der Waals surface area contributed by atoms with Crippen molar-refractivity contribution in [2.45, 2.75) is 19.8 Å². The highest BCUT2D eigenvalue weighted by molar-refractivity contribution is 9.10. The van der Waals surface area contributed by atoms with Gasteiger partial charge in [0.25, 0.3) is 0 Å². The monoisotopic (exact) mass is 405 g/mol. The number of halogens is 1. The molecule has 1 unspecified atom stereocenters. The number of primary amides is 1. The summed E-state index contributed by atoms with van der Waals surface area (Å²) in [5, 5.41) is 10.1. The third-order valence-electron chi connectivity index (χ3n) is 3.74. The molecular formula is C17H16BrN3O2S. The van der Waals surface area contributed by atoms with Gasteiger partial charge in [0.1, 0.15) is 10.8 Å². The molecule has 0 aliphatic carbocycles. The highest BCUT2D eigenvalue weighted by Crippen LogP contribution is 2.42. The van der Waals surface area contributed by atoms with Gasteiger partial charge in [0, 0.05) is 16.1 Å². The second-order valence-corrected chi connectivity index (χ2v) is 7.34. The van der Waals surface area contributed by atoms with Crippen molar-refractivity contribution in [3.05, 3.63) is 44.9 Å². The van der Waals surface area contributed by atoms with E-state index in [1.54, 1.807) is 6.92 Å². The van der Waals surface area contributed by atoms with Gasteiger partial charge in [-0.2, -0.15) is 5.26 Å². The molecule has 0 bridgehead atoms. The van der Waals surface area contributed by atoms with E-state index in [1.807, 2.05) is 24.3 Å². The number of Topliss-reactive ketones (excluding diaryl/α,β-unsaturated/α-hetero) is 1. The summed E-state index contributed by atoms with van der Waals surface area (Å²) in [6, 6.07) is 9.70. The second kappa shape index (κ2) is 7.77. The predicted octanol–water partition coefficient (Wildman–Crippen LogP) is 3.17. The van der Waals surface area contributed by atoms with Gasteiger partial charge in [0.2, 0.25) is 5.91 Å². The van der Waals surface area contributed by atoms with Gasteiger partial charge >= 0.3 is 0 Å². The third-order valence-corrected chi connectivity index (χ3v) is 5.28. The van der Waals surface area contributed by atoms with Crippen LogP contribution in [0, 0.1) is 17.2 Å². The Morgan fingerprint density at radius 2 is 2.00 bits per heavy atom. The number of hydrogen-bond donors (Lipinski definition) is 1. The number of thioether (sulfide) groups is 1. The summed E-state index contributed by atoms with van der Waals surface area (Å²) in [6.45, 7) is 3.28. The van der Waals surface area contributed by atoms with Gasteiger partial charge in [-0.15, -0.1) is 0 Å². The van der Waals surface area contributed by atoms with Crippen molar-refractivity contribution < 1.29 is 9.59 Å². The van der Waals surface area contributed by atoms with Gasteiger partial charge < -0.3 is 5.73 Å². The zero-order chi connectivity index (χ0) is 17.9. The van der Waals surface area contributed by atoms with Crippen LogP contribution >= 0.6 is 27.7 Å². The first-order chi connectivity index (χ1) is 11.3. The fourth-order valence-electron chi connectivity index (χ4n) is 2.76. The summed E-state index contributed by atoms with van der Waals surface area (Å²) in [5.74, 6) is -1.38. The number of ketones is 1. The number of allylic oxidation sites excluding steroid dienone is 1. The van der Waals surface area contributed by atoms with Gasteiger partial charge in [-0.25, -0.2) is 4.99 Å². The maximum absolute atomic E-state index is 12.2. The van der Waals surface area contributed by atoms with Crippen LogP contribution in [-0.4, -0.2) is 23.2 Å². The normalized spacial score (nSPS) is 20.3. The molecule has 2 N–H and O–H groups in total. The van der Waals surface area contributed by atoms with E-state index in [-0.39, 0.29) is 11.5 Å². The quantitative estimate of drug-likeness (QED) is 0.813. The van der Waals surface area contributed by atoms with Crippen molar-refractivity contribution in [2.75, 3.05) is 5.75 Å². The predicted molar refractivity (Wildman–Crippen MR) is 98.5 cm³/mol. The molecule has 1 aromatic carbocycles. The number of carbonyl (C=O) groups is 2. The number of aliphatic imine (C=N–C) groups is 1. The molecule has 0 radical (unpaired) electrons. The molecule has 1 aromatic rings. The molecule has 7 heteroatoms.